The van der Waals surface area contributed by atoms with E-state index in [1.165, 1.54) is 30.0 Å². The zero-order valence-electron chi connectivity index (χ0n) is 30.2. The van der Waals surface area contributed by atoms with Gasteiger partial charge in [0.25, 0.3) is 5.91 Å². The molecule has 0 aromatic heterocycles. The number of amides is 5. The Hall–Kier alpha value is -4.80. The highest BCUT2D eigenvalue weighted by molar-refractivity contribution is 7.91. The monoisotopic (exact) mass is 759 g/mol. The lowest BCUT2D eigenvalue weighted by Gasteiger charge is -2.30. The molecule has 4 aliphatic rings. The van der Waals surface area contributed by atoms with Gasteiger partial charge in [0.1, 0.15) is 35.1 Å². The number of benzene rings is 1. The molecule has 0 radical (unpaired) electrons. The van der Waals surface area contributed by atoms with Gasteiger partial charge in [-0.2, -0.15) is 0 Å². The van der Waals surface area contributed by atoms with Crippen molar-refractivity contribution in [1.29, 1.82) is 0 Å². The molecule has 17 heteroatoms. The Kier molecular flexibility index (Phi) is 11.1. The number of nitrogens with zero attached hydrogens (tertiary/aromatic N) is 2. The summed E-state index contributed by atoms with van der Waals surface area (Å²) in [6.07, 6.45) is -1.18. The lowest BCUT2D eigenvalue weighted by atomic mass is 10.0. The largest absolute Gasteiger partial charge is 0.444 e. The Morgan fingerprint density at radius 2 is 1.83 bits per heavy atom. The maximum absolute atomic E-state index is 14.4. The third-order valence-electron chi connectivity index (χ3n) is 9.67. The second-order valence-corrected chi connectivity index (χ2v) is 17.1. The number of alkyl carbamates (subject to hydrolysis) is 1. The summed E-state index contributed by atoms with van der Waals surface area (Å²) < 4.78 is 52.9. The van der Waals surface area contributed by atoms with Gasteiger partial charge in [-0.1, -0.05) is 24.8 Å². The lowest BCUT2D eigenvalue weighted by molar-refractivity contribution is -0.141. The Balaban J connectivity index is 1.39. The third kappa shape index (κ3) is 9.05. The molecule has 53 heavy (non-hydrogen) atoms. The van der Waals surface area contributed by atoms with Crippen LogP contribution in [0, 0.1) is 11.7 Å². The predicted octanol–water partition coefficient (Wildman–Crippen LogP) is 2.74. The number of ketones is 1. The fourth-order valence-corrected chi connectivity index (χ4v) is 7.88. The number of allylic oxidation sites excluding steroid dienone is 1. The van der Waals surface area contributed by atoms with Gasteiger partial charge in [-0.3, -0.25) is 28.8 Å². The molecule has 1 unspecified atom stereocenters. The normalized spacial score (nSPS) is 24.0. The highest BCUT2D eigenvalue weighted by Gasteiger charge is 2.62. The lowest BCUT2D eigenvalue weighted by Crippen LogP contribution is -2.58. The molecule has 1 aromatic rings. The molecule has 15 nitrogen and oxygen atoms in total. The van der Waals surface area contributed by atoms with E-state index in [1.807, 2.05) is 0 Å². The Labute approximate surface area is 307 Å². The van der Waals surface area contributed by atoms with Crippen molar-refractivity contribution < 1.29 is 51.0 Å². The van der Waals surface area contributed by atoms with Crippen LogP contribution in [0.3, 0.4) is 0 Å². The number of hydrogen-bond acceptors (Lipinski definition) is 10. The fourth-order valence-electron chi connectivity index (χ4n) is 6.52. The number of likely N-dealkylation sites (tertiary alicyclic amines) is 1. The van der Waals surface area contributed by atoms with Crippen molar-refractivity contribution in [2.24, 2.45) is 5.92 Å². The van der Waals surface area contributed by atoms with E-state index in [0.717, 1.165) is 4.90 Å². The van der Waals surface area contributed by atoms with E-state index in [0.29, 0.717) is 24.0 Å². The number of rotatable bonds is 13. The molecule has 1 saturated heterocycles. The Morgan fingerprint density at radius 1 is 1.13 bits per heavy atom. The molecule has 288 valence electrons. The zero-order chi connectivity index (χ0) is 39.0. The number of nitrogens with one attached hydrogen (secondary N) is 3. The number of carbonyl (C=O) groups is 6. The van der Waals surface area contributed by atoms with Gasteiger partial charge in [0.05, 0.1) is 18.3 Å². The smallest absolute Gasteiger partial charge is 0.410 e. The van der Waals surface area contributed by atoms with Crippen molar-refractivity contribution in [3.05, 3.63) is 60.0 Å². The number of carbonyl (C=O) groups excluding carboxylic acids is 6. The van der Waals surface area contributed by atoms with Crippen LogP contribution < -0.4 is 15.4 Å². The first-order chi connectivity index (χ1) is 24.7. The summed E-state index contributed by atoms with van der Waals surface area (Å²) in [4.78, 5) is 82.9. The highest BCUT2D eigenvalue weighted by Crippen LogP contribution is 2.45. The molecule has 2 saturated carbocycles. The molecule has 3 N–H and O–H groups in total. The van der Waals surface area contributed by atoms with Gasteiger partial charge < -0.3 is 25.0 Å². The van der Waals surface area contributed by atoms with Crippen molar-refractivity contribution in [3.8, 4) is 0 Å². The highest BCUT2D eigenvalue weighted by atomic mass is 32.2. The van der Waals surface area contributed by atoms with Gasteiger partial charge in [0.2, 0.25) is 21.8 Å². The number of ether oxygens (including phenoxy) is 2. The zero-order valence-corrected chi connectivity index (χ0v) is 31.1. The SMILES string of the molecule is C=C[C@@H]1C[C@]1(NC(=O)[C@@H]1CC(OC(=O)N2Cc3cccc(F)c3C2)CN1C(=O)[C@H](CCC(=O)C(=C)C)NC(=O)OC(C)(C)C)C(=O)NS(=O)(=O)C1CC1. The van der Waals surface area contributed by atoms with Gasteiger partial charge in [-0.05, 0) is 70.6 Å². The summed E-state index contributed by atoms with van der Waals surface area (Å²) in [5, 5.41) is 4.44. The van der Waals surface area contributed by atoms with Crippen LogP contribution in [0.4, 0.5) is 14.0 Å². The topological polar surface area (TPSA) is 198 Å². The van der Waals surface area contributed by atoms with Gasteiger partial charge >= 0.3 is 12.2 Å². The molecule has 2 aliphatic carbocycles. The minimum absolute atomic E-state index is 0.0469. The minimum atomic E-state index is -3.97. The number of fused-ring (bicyclic) bond motifs is 1. The summed E-state index contributed by atoms with van der Waals surface area (Å²) in [5.41, 5.74) is -1.42. The average Bonchev–Trinajstić information content (AvgIpc) is 3.96. The van der Waals surface area contributed by atoms with Crippen LogP contribution in [0.25, 0.3) is 0 Å². The molecule has 5 amide bonds. The van der Waals surface area contributed by atoms with Crippen LogP contribution >= 0.6 is 0 Å². The van der Waals surface area contributed by atoms with Crippen molar-refractivity contribution >= 4 is 45.7 Å². The van der Waals surface area contributed by atoms with Gasteiger partial charge in [0, 0.05) is 30.9 Å². The van der Waals surface area contributed by atoms with E-state index < -0.39 is 86.2 Å². The molecule has 5 rings (SSSR count). The first-order valence-corrected chi connectivity index (χ1v) is 19.0. The number of halogens is 1. The van der Waals surface area contributed by atoms with Crippen LogP contribution in [0.15, 0.2) is 43.0 Å². The molecule has 0 spiro atoms. The number of hydrogen-bond donors (Lipinski definition) is 3. The van der Waals surface area contributed by atoms with Crippen LogP contribution in [0.5, 0.6) is 0 Å². The van der Waals surface area contributed by atoms with E-state index in [4.69, 9.17) is 9.47 Å². The van der Waals surface area contributed by atoms with Crippen molar-refractivity contribution in [2.75, 3.05) is 6.54 Å². The maximum atomic E-state index is 14.4. The minimum Gasteiger partial charge on any atom is -0.444 e. The molecular weight excluding hydrogens is 713 g/mol. The summed E-state index contributed by atoms with van der Waals surface area (Å²) in [6.45, 7) is 13.4. The van der Waals surface area contributed by atoms with E-state index in [2.05, 4.69) is 28.5 Å². The number of Topliss-reactive ketones (excluding diaryl/α,β-unsaturated/α-hetero) is 1. The molecule has 5 atom stereocenters. The summed E-state index contributed by atoms with van der Waals surface area (Å²) in [6, 6.07) is 1.76. The van der Waals surface area contributed by atoms with E-state index >= 15 is 0 Å². The average molecular weight is 760 g/mol. The first kappa shape index (κ1) is 39.4. The standard InChI is InChI=1S/C36H46FN5O10S/c1-7-22-16-36(22,32(46)40-53(49,50)24-11-12-24)39-30(44)28-15-23(51-34(48)41-17-21-9-8-10-26(37)25(21)19-41)18-42(28)31(45)27(13-14-29(43)20(2)3)38-33(47)52-35(4,5)6/h7-10,22-24,27-28H,1-2,11-19H2,3-6H3,(H,38,47)(H,39,44)(H,40,46)/t22-,23?,27+,28+,36-/m1/s1. The summed E-state index contributed by atoms with van der Waals surface area (Å²) >= 11 is 0. The van der Waals surface area contributed by atoms with E-state index in [9.17, 15) is 41.6 Å². The number of sulfonamides is 1. The van der Waals surface area contributed by atoms with Crippen molar-refractivity contribution in [2.45, 2.75) is 114 Å². The van der Waals surface area contributed by atoms with Crippen LogP contribution in [0.2, 0.25) is 0 Å². The van der Waals surface area contributed by atoms with Crippen molar-refractivity contribution in [1.82, 2.24) is 25.2 Å². The fraction of sp³-hybridized carbons (Fsp3) is 0.556. The Morgan fingerprint density at radius 3 is 2.42 bits per heavy atom. The first-order valence-electron chi connectivity index (χ1n) is 17.5. The van der Waals surface area contributed by atoms with Crippen molar-refractivity contribution in [3.63, 3.8) is 0 Å². The molecular formula is C36H46FN5O10S. The molecule has 1 aromatic carbocycles. The van der Waals surface area contributed by atoms with Crippen LogP contribution in [-0.2, 0) is 51.8 Å². The second kappa shape index (κ2) is 14.9. The third-order valence-corrected chi connectivity index (χ3v) is 11.5. The molecule has 2 aliphatic heterocycles. The summed E-state index contributed by atoms with van der Waals surface area (Å²) in [5.74, 6) is -4.04. The quantitative estimate of drug-likeness (QED) is 0.199. The van der Waals surface area contributed by atoms with Gasteiger partial charge in [-0.25, -0.2) is 22.4 Å². The predicted molar refractivity (Wildman–Crippen MR) is 188 cm³/mol. The van der Waals surface area contributed by atoms with Crippen LogP contribution in [-0.4, -0.2) is 95.0 Å². The molecule has 0 bridgehead atoms. The summed E-state index contributed by atoms with van der Waals surface area (Å²) in [7, 11) is -3.97. The maximum Gasteiger partial charge on any atom is 0.410 e. The Bertz CT molecular complexity index is 1840. The van der Waals surface area contributed by atoms with E-state index in [-0.39, 0.29) is 56.7 Å². The molecule has 3 fully saturated rings. The van der Waals surface area contributed by atoms with Gasteiger partial charge in [-0.15, -0.1) is 6.58 Å². The van der Waals surface area contributed by atoms with E-state index in [1.54, 1.807) is 26.8 Å². The van der Waals surface area contributed by atoms with Crippen LogP contribution in [0.1, 0.15) is 77.3 Å². The molecule has 2 heterocycles. The second-order valence-electron chi connectivity index (χ2n) is 15.1. The van der Waals surface area contributed by atoms with Gasteiger partial charge in [0.15, 0.2) is 5.78 Å².